The number of carbonyl (C=O) groups is 2. The number of carboxylic acids is 1. The Balaban J connectivity index is 1.96. The van der Waals surface area contributed by atoms with Crippen LogP contribution in [0.15, 0.2) is 30.3 Å². The van der Waals surface area contributed by atoms with E-state index in [1.54, 1.807) is 25.7 Å². The Morgan fingerprint density at radius 2 is 1.74 bits per heavy atom. The Hall–Kier alpha value is -1.84. The Morgan fingerprint density at radius 1 is 1.11 bits per heavy atom. The molecule has 1 amide bonds. The van der Waals surface area contributed by atoms with Gasteiger partial charge in [-0.2, -0.15) is 0 Å². The number of nitrogens with one attached hydrogen (secondary N) is 1. The molecule has 1 fully saturated rings. The third-order valence-electron chi connectivity index (χ3n) is 2.81. The second kappa shape index (κ2) is 6.36. The maximum absolute atomic E-state index is 11.8. The normalized spacial score (nSPS) is 17.1. The molecule has 5 radical (unpaired) electrons. The Bertz CT molecular complexity index is 438. The SMILES string of the molecule is O=C(NC(Cc1ccccc1)C(=O)O)[C]1[CH][CH][CH][CH]1. The van der Waals surface area contributed by atoms with Gasteiger partial charge in [0.1, 0.15) is 6.04 Å². The van der Waals surface area contributed by atoms with Crippen LogP contribution in [-0.2, 0) is 16.0 Å². The predicted molar refractivity (Wildman–Crippen MR) is 70.2 cm³/mol. The van der Waals surface area contributed by atoms with Gasteiger partial charge in [-0.05, 0) is 31.2 Å². The quantitative estimate of drug-likeness (QED) is 0.832. The van der Waals surface area contributed by atoms with Gasteiger partial charge in [-0.1, -0.05) is 30.3 Å². The minimum absolute atomic E-state index is 0.266. The monoisotopic (exact) mass is 256 g/mol. The number of benzene rings is 1. The highest BCUT2D eigenvalue weighted by Crippen LogP contribution is 2.23. The summed E-state index contributed by atoms with van der Waals surface area (Å²) in [5, 5.41) is 11.7. The summed E-state index contributed by atoms with van der Waals surface area (Å²) in [7, 11) is 0. The minimum Gasteiger partial charge on any atom is -0.480 e. The standard InChI is InChI=1S/C15H14NO3/c17-14(12-8-4-5-9-12)16-13(15(18)19)10-11-6-2-1-3-7-11/h1-9,13H,10H2,(H,16,17)(H,18,19). The van der Waals surface area contributed by atoms with Gasteiger partial charge in [0.25, 0.3) is 0 Å². The first-order valence-electron chi connectivity index (χ1n) is 5.96. The molecule has 1 saturated carbocycles. The van der Waals surface area contributed by atoms with Crippen molar-refractivity contribution >= 4 is 11.9 Å². The van der Waals surface area contributed by atoms with Crippen LogP contribution in [0, 0.1) is 31.6 Å². The van der Waals surface area contributed by atoms with Gasteiger partial charge in [0.15, 0.2) is 0 Å². The van der Waals surface area contributed by atoms with Crippen molar-refractivity contribution in [1.82, 2.24) is 5.32 Å². The third kappa shape index (κ3) is 3.81. The molecule has 1 unspecified atom stereocenters. The van der Waals surface area contributed by atoms with Crippen molar-refractivity contribution in [1.29, 1.82) is 0 Å². The molecule has 19 heavy (non-hydrogen) atoms. The first kappa shape index (κ1) is 13.6. The minimum atomic E-state index is -1.04. The second-order valence-electron chi connectivity index (χ2n) is 4.23. The zero-order chi connectivity index (χ0) is 13.7. The molecule has 1 aromatic carbocycles. The number of carbonyl (C=O) groups excluding carboxylic acids is 1. The highest BCUT2D eigenvalue weighted by molar-refractivity contribution is 5.97. The van der Waals surface area contributed by atoms with Crippen molar-refractivity contribution in [2.75, 3.05) is 0 Å². The van der Waals surface area contributed by atoms with Crippen molar-refractivity contribution in [2.24, 2.45) is 0 Å². The summed E-state index contributed by atoms with van der Waals surface area (Å²) < 4.78 is 0. The molecule has 0 spiro atoms. The van der Waals surface area contributed by atoms with Crippen LogP contribution < -0.4 is 5.32 Å². The highest BCUT2D eigenvalue weighted by Gasteiger charge is 2.28. The molecule has 2 N–H and O–H groups in total. The molecular weight excluding hydrogens is 242 g/mol. The van der Waals surface area contributed by atoms with Gasteiger partial charge in [0.2, 0.25) is 5.91 Å². The van der Waals surface area contributed by atoms with E-state index in [0.717, 1.165) is 5.56 Å². The first-order valence-corrected chi connectivity index (χ1v) is 5.96. The second-order valence-corrected chi connectivity index (χ2v) is 4.23. The van der Waals surface area contributed by atoms with Gasteiger partial charge in [-0.15, -0.1) is 0 Å². The molecule has 0 aromatic heterocycles. The van der Waals surface area contributed by atoms with E-state index in [0.29, 0.717) is 5.92 Å². The molecule has 4 heteroatoms. The van der Waals surface area contributed by atoms with Crippen molar-refractivity contribution < 1.29 is 14.7 Å². The van der Waals surface area contributed by atoms with Crippen molar-refractivity contribution in [3.05, 3.63) is 67.5 Å². The Labute approximate surface area is 112 Å². The Kier molecular flexibility index (Phi) is 4.55. The molecule has 1 atom stereocenters. The lowest BCUT2D eigenvalue weighted by Crippen LogP contribution is -2.44. The van der Waals surface area contributed by atoms with Crippen LogP contribution >= 0.6 is 0 Å². The van der Waals surface area contributed by atoms with E-state index in [9.17, 15) is 9.59 Å². The molecular formula is C15H14NO3. The summed E-state index contributed by atoms with van der Waals surface area (Å²) in [6.07, 6.45) is 7.04. The zero-order valence-corrected chi connectivity index (χ0v) is 10.2. The fourth-order valence-electron chi connectivity index (χ4n) is 1.82. The van der Waals surface area contributed by atoms with E-state index >= 15 is 0 Å². The van der Waals surface area contributed by atoms with Crippen molar-refractivity contribution in [3.8, 4) is 0 Å². The lowest BCUT2D eigenvalue weighted by atomic mass is 10.0. The molecule has 0 heterocycles. The Morgan fingerprint density at radius 3 is 2.32 bits per heavy atom. The van der Waals surface area contributed by atoms with E-state index < -0.39 is 12.0 Å². The molecule has 97 valence electrons. The average molecular weight is 256 g/mol. The lowest BCUT2D eigenvalue weighted by molar-refractivity contribution is -0.141. The van der Waals surface area contributed by atoms with Crippen LogP contribution in [-0.4, -0.2) is 23.0 Å². The van der Waals surface area contributed by atoms with E-state index in [4.69, 9.17) is 5.11 Å². The first-order chi connectivity index (χ1) is 9.16. The van der Waals surface area contributed by atoms with Crippen LogP contribution in [0.5, 0.6) is 0 Å². The number of hydrogen-bond donors (Lipinski definition) is 2. The predicted octanol–water partition coefficient (Wildman–Crippen LogP) is 1.20. The van der Waals surface area contributed by atoms with Gasteiger partial charge in [-0.25, -0.2) is 4.79 Å². The maximum atomic E-state index is 11.8. The average Bonchev–Trinajstić information content (AvgIpc) is 2.93. The largest absolute Gasteiger partial charge is 0.480 e. The fourth-order valence-corrected chi connectivity index (χ4v) is 1.82. The van der Waals surface area contributed by atoms with Gasteiger partial charge in [0, 0.05) is 6.42 Å². The topological polar surface area (TPSA) is 66.4 Å². The zero-order valence-electron chi connectivity index (χ0n) is 10.2. The van der Waals surface area contributed by atoms with Crippen molar-refractivity contribution in [2.45, 2.75) is 12.5 Å². The number of carboxylic acid groups (broad SMARTS) is 1. The van der Waals surface area contributed by atoms with Crippen LogP contribution in [0.4, 0.5) is 0 Å². The molecule has 0 saturated heterocycles. The number of hydrogen-bond acceptors (Lipinski definition) is 2. The van der Waals surface area contributed by atoms with Gasteiger partial charge >= 0.3 is 5.97 Å². The third-order valence-corrected chi connectivity index (χ3v) is 2.81. The van der Waals surface area contributed by atoms with Crippen LogP contribution in [0.1, 0.15) is 5.56 Å². The van der Waals surface area contributed by atoms with E-state index in [1.807, 2.05) is 30.3 Å². The van der Waals surface area contributed by atoms with Crippen LogP contribution in [0.3, 0.4) is 0 Å². The summed E-state index contributed by atoms with van der Waals surface area (Å²) in [4.78, 5) is 23.0. The van der Waals surface area contributed by atoms with Crippen molar-refractivity contribution in [3.63, 3.8) is 0 Å². The summed E-state index contributed by atoms with van der Waals surface area (Å²) >= 11 is 0. The summed E-state index contributed by atoms with van der Waals surface area (Å²) in [5.41, 5.74) is 0.873. The molecule has 4 nitrogen and oxygen atoms in total. The molecule has 1 aliphatic carbocycles. The number of amides is 1. The lowest BCUT2D eigenvalue weighted by Gasteiger charge is -2.16. The molecule has 1 aliphatic rings. The molecule has 0 bridgehead atoms. The smallest absolute Gasteiger partial charge is 0.326 e. The molecule has 2 rings (SSSR count). The van der Waals surface area contributed by atoms with Gasteiger partial charge < -0.3 is 10.4 Å². The van der Waals surface area contributed by atoms with E-state index in [-0.39, 0.29) is 12.3 Å². The molecule has 0 aliphatic heterocycles. The summed E-state index contributed by atoms with van der Waals surface area (Å²) in [5.74, 6) is -0.934. The van der Waals surface area contributed by atoms with Crippen LogP contribution in [0.25, 0.3) is 0 Å². The van der Waals surface area contributed by atoms with E-state index in [1.165, 1.54) is 0 Å². The fraction of sp³-hybridized carbons (Fsp3) is 0.133. The summed E-state index contributed by atoms with van der Waals surface area (Å²) in [6.45, 7) is 0. The maximum Gasteiger partial charge on any atom is 0.326 e. The summed E-state index contributed by atoms with van der Waals surface area (Å²) in [6, 6.07) is 8.29. The van der Waals surface area contributed by atoms with Gasteiger partial charge in [-0.3, -0.25) is 4.79 Å². The number of rotatable bonds is 5. The number of aliphatic carboxylic acids is 1. The van der Waals surface area contributed by atoms with Gasteiger partial charge in [0.05, 0.1) is 5.92 Å². The van der Waals surface area contributed by atoms with Crippen LogP contribution in [0.2, 0.25) is 0 Å². The highest BCUT2D eigenvalue weighted by atomic mass is 16.4. The molecule has 1 aromatic rings. The van der Waals surface area contributed by atoms with E-state index in [2.05, 4.69) is 5.32 Å².